The molecular formula is C16H23N3O4. The van der Waals surface area contributed by atoms with Gasteiger partial charge in [0.25, 0.3) is 11.6 Å². The number of aryl methyl sites for hydroxylation is 1. The Hall–Kier alpha value is -1.99. The van der Waals surface area contributed by atoms with E-state index < -0.39 is 4.92 Å². The molecule has 0 aliphatic carbocycles. The highest BCUT2D eigenvalue weighted by atomic mass is 16.6. The molecule has 1 aromatic carbocycles. The molecule has 1 N–H and O–H groups in total. The molecule has 1 heterocycles. The van der Waals surface area contributed by atoms with E-state index in [2.05, 4.69) is 4.90 Å². The number of nitro benzene ring substituents is 1. The van der Waals surface area contributed by atoms with Crippen molar-refractivity contribution in [2.45, 2.75) is 26.3 Å². The van der Waals surface area contributed by atoms with Gasteiger partial charge in [0, 0.05) is 49.4 Å². The van der Waals surface area contributed by atoms with Gasteiger partial charge >= 0.3 is 0 Å². The summed E-state index contributed by atoms with van der Waals surface area (Å²) >= 11 is 0. The van der Waals surface area contributed by atoms with E-state index in [9.17, 15) is 20.0 Å². The molecule has 23 heavy (non-hydrogen) atoms. The number of aliphatic hydroxyl groups excluding tert-OH is 1. The van der Waals surface area contributed by atoms with Crippen molar-refractivity contribution in [3.05, 3.63) is 39.4 Å². The molecule has 1 saturated heterocycles. The number of hydrogen-bond donors (Lipinski definition) is 1. The van der Waals surface area contributed by atoms with Crippen LogP contribution in [-0.2, 0) is 0 Å². The summed E-state index contributed by atoms with van der Waals surface area (Å²) in [6.07, 6.45) is 0.881. The third-order valence-corrected chi connectivity index (χ3v) is 4.44. The van der Waals surface area contributed by atoms with E-state index in [1.165, 1.54) is 12.1 Å². The fourth-order valence-electron chi connectivity index (χ4n) is 2.97. The highest BCUT2D eigenvalue weighted by molar-refractivity contribution is 5.94. The summed E-state index contributed by atoms with van der Waals surface area (Å²) in [5, 5.41) is 20.2. The average molecular weight is 321 g/mol. The van der Waals surface area contributed by atoms with Crippen LogP contribution >= 0.6 is 0 Å². The van der Waals surface area contributed by atoms with Crippen LogP contribution in [0.25, 0.3) is 0 Å². The van der Waals surface area contributed by atoms with Crippen molar-refractivity contribution in [2.24, 2.45) is 0 Å². The fraction of sp³-hybridized carbons (Fsp3) is 0.562. The molecule has 1 unspecified atom stereocenters. The lowest BCUT2D eigenvalue weighted by Gasteiger charge is -2.38. The lowest BCUT2D eigenvalue weighted by Crippen LogP contribution is -2.52. The number of benzene rings is 1. The van der Waals surface area contributed by atoms with Gasteiger partial charge in [-0.05, 0) is 25.5 Å². The van der Waals surface area contributed by atoms with Gasteiger partial charge in [-0.15, -0.1) is 0 Å². The first kappa shape index (κ1) is 17.4. The van der Waals surface area contributed by atoms with Crippen LogP contribution in [0.3, 0.4) is 0 Å². The molecule has 1 fully saturated rings. The molecule has 1 amide bonds. The first-order chi connectivity index (χ1) is 11.0. The molecular weight excluding hydrogens is 298 g/mol. The van der Waals surface area contributed by atoms with Crippen LogP contribution in [0.5, 0.6) is 0 Å². The highest BCUT2D eigenvalue weighted by Crippen LogP contribution is 2.20. The predicted octanol–water partition coefficient (Wildman–Crippen LogP) is 1.43. The van der Waals surface area contributed by atoms with Crippen LogP contribution in [0.4, 0.5) is 5.69 Å². The van der Waals surface area contributed by atoms with Crippen LogP contribution in [0.2, 0.25) is 0 Å². The van der Waals surface area contributed by atoms with Crippen LogP contribution in [0.15, 0.2) is 18.2 Å². The summed E-state index contributed by atoms with van der Waals surface area (Å²) in [7, 11) is 0. The van der Waals surface area contributed by atoms with E-state index in [4.69, 9.17) is 0 Å². The number of rotatable bonds is 5. The molecule has 0 spiro atoms. The molecule has 1 atom stereocenters. The maximum atomic E-state index is 12.5. The number of piperazine rings is 1. The molecule has 0 bridgehead atoms. The van der Waals surface area contributed by atoms with Crippen molar-refractivity contribution in [1.29, 1.82) is 0 Å². The lowest BCUT2D eigenvalue weighted by atomic mass is 10.1. The summed E-state index contributed by atoms with van der Waals surface area (Å²) in [6, 6.07) is 4.63. The summed E-state index contributed by atoms with van der Waals surface area (Å²) < 4.78 is 0. The number of nitrogens with zero attached hydrogens (tertiary/aromatic N) is 3. The number of carbonyl (C=O) groups is 1. The molecule has 7 heteroatoms. The summed E-state index contributed by atoms with van der Waals surface area (Å²) in [6.45, 7) is 6.48. The van der Waals surface area contributed by atoms with Gasteiger partial charge < -0.3 is 10.0 Å². The molecule has 1 aliphatic rings. The first-order valence-corrected chi connectivity index (χ1v) is 7.87. The van der Waals surface area contributed by atoms with Gasteiger partial charge in [0.15, 0.2) is 0 Å². The van der Waals surface area contributed by atoms with Crippen molar-refractivity contribution < 1.29 is 14.8 Å². The Balaban J connectivity index is 2.02. The molecule has 1 aliphatic heterocycles. The van der Waals surface area contributed by atoms with E-state index >= 15 is 0 Å². The minimum Gasteiger partial charge on any atom is -0.395 e. The molecule has 0 aromatic heterocycles. The first-order valence-electron chi connectivity index (χ1n) is 7.87. The van der Waals surface area contributed by atoms with E-state index in [1.54, 1.807) is 17.9 Å². The molecule has 0 radical (unpaired) electrons. The van der Waals surface area contributed by atoms with Crippen molar-refractivity contribution >= 4 is 11.6 Å². The second kappa shape index (κ2) is 7.52. The van der Waals surface area contributed by atoms with Crippen molar-refractivity contribution in [2.75, 3.05) is 32.8 Å². The largest absolute Gasteiger partial charge is 0.395 e. The highest BCUT2D eigenvalue weighted by Gasteiger charge is 2.26. The Kier molecular flexibility index (Phi) is 5.68. The molecule has 7 nitrogen and oxygen atoms in total. The van der Waals surface area contributed by atoms with Crippen LogP contribution < -0.4 is 0 Å². The number of nitro groups is 1. The number of amides is 1. The second-order valence-electron chi connectivity index (χ2n) is 5.83. The standard InChI is InChI=1S/C16H23N3O4/c1-3-14(11-20)17-6-8-18(9-7-17)16(21)13-4-5-15(19(22)23)12(2)10-13/h4-5,10,14,20H,3,6-9,11H2,1-2H3. The molecule has 126 valence electrons. The van der Waals surface area contributed by atoms with E-state index in [1.807, 2.05) is 6.92 Å². The summed E-state index contributed by atoms with van der Waals surface area (Å²) in [5.41, 5.74) is 1.00. The van der Waals surface area contributed by atoms with Gasteiger partial charge in [-0.3, -0.25) is 19.8 Å². The maximum absolute atomic E-state index is 12.5. The normalized spacial score (nSPS) is 17.1. The smallest absolute Gasteiger partial charge is 0.272 e. The average Bonchev–Trinajstić information content (AvgIpc) is 2.55. The fourth-order valence-corrected chi connectivity index (χ4v) is 2.97. The molecule has 0 saturated carbocycles. The molecule has 1 aromatic rings. The van der Waals surface area contributed by atoms with Gasteiger partial charge in [0.05, 0.1) is 11.5 Å². The second-order valence-corrected chi connectivity index (χ2v) is 5.83. The van der Waals surface area contributed by atoms with Crippen molar-refractivity contribution in [3.8, 4) is 0 Å². The zero-order valence-corrected chi connectivity index (χ0v) is 13.6. The summed E-state index contributed by atoms with van der Waals surface area (Å²) in [4.78, 5) is 26.9. The topological polar surface area (TPSA) is 86.9 Å². The van der Waals surface area contributed by atoms with E-state index in [-0.39, 0.29) is 24.2 Å². The summed E-state index contributed by atoms with van der Waals surface area (Å²) in [5.74, 6) is -0.0975. The van der Waals surface area contributed by atoms with E-state index in [0.29, 0.717) is 24.2 Å². The maximum Gasteiger partial charge on any atom is 0.272 e. The zero-order chi connectivity index (χ0) is 17.0. The van der Waals surface area contributed by atoms with Gasteiger partial charge in [-0.1, -0.05) is 6.92 Å². The Morgan fingerprint density at radius 3 is 2.48 bits per heavy atom. The predicted molar refractivity (Wildman–Crippen MR) is 86.5 cm³/mol. The van der Waals surface area contributed by atoms with E-state index in [0.717, 1.165) is 19.5 Å². The van der Waals surface area contributed by atoms with Crippen LogP contribution in [0.1, 0.15) is 29.3 Å². The van der Waals surface area contributed by atoms with Gasteiger partial charge in [-0.2, -0.15) is 0 Å². The molecule has 2 rings (SSSR count). The quantitative estimate of drug-likeness (QED) is 0.655. The third kappa shape index (κ3) is 3.86. The number of carbonyl (C=O) groups excluding carboxylic acids is 1. The van der Waals surface area contributed by atoms with Crippen molar-refractivity contribution in [1.82, 2.24) is 9.80 Å². The monoisotopic (exact) mass is 321 g/mol. The number of aliphatic hydroxyl groups is 1. The van der Waals surface area contributed by atoms with Crippen molar-refractivity contribution in [3.63, 3.8) is 0 Å². The minimum atomic E-state index is -0.442. The minimum absolute atomic E-state index is 0.0279. The van der Waals surface area contributed by atoms with Gasteiger partial charge in [0.1, 0.15) is 0 Å². The Labute approximate surface area is 135 Å². The SMILES string of the molecule is CCC(CO)N1CCN(C(=O)c2ccc([N+](=O)[O-])c(C)c2)CC1. The Morgan fingerprint density at radius 2 is 2.00 bits per heavy atom. The van der Waals surface area contributed by atoms with Gasteiger partial charge in [0.2, 0.25) is 0 Å². The van der Waals surface area contributed by atoms with Gasteiger partial charge in [-0.25, -0.2) is 0 Å². The third-order valence-electron chi connectivity index (χ3n) is 4.44. The van der Waals surface area contributed by atoms with Crippen LogP contribution in [0, 0.1) is 17.0 Å². The lowest BCUT2D eigenvalue weighted by molar-refractivity contribution is -0.385. The zero-order valence-electron chi connectivity index (χ0n) is 13.6. The van der Waals surface area contributed by atoms with Crippen LogP contribution in [-0.4, -0.2) is 64.6 Å². The Morgan fingerprint density at radius 1 is 1.35 bits per heavy atom. The number of hydrogen-bond acceptors (Lipinski definition) is 5. The Bertz CT molecular complexity index is 579.